The van der Waals surface area contributed by atoms with Crippen LogP contribution in [0.25, 0.3) is 10.9 Å². The quantitative estimate of drug-likeness (QED) is 0.252. The highest BCUT2D eigenvalue weighted by molar-refractivity contribution is 9.10. The number of benzene rings is 3. The topological polar surface area (TPSA) is 94.8 Å². The molecule has 4 aromatic rings. The molecule has 1 amide bonds. The molecule has 0 atom stereocenters. The lowest BCUT2D eigenvalue weighted by atomic mass is 9.95. The molecule has 0 radical (unpaired) electrons. The minimum Gasteiger partial charge on any atom is -0.493 e. The van der Waals surface area contributed by atoms with E-state index in [-0.39, 0.29) is 22.7 Å². The summed E-state index contributed by atoms with van der Waals surface area (Å²) in [6.07, 6.45) is 1.40. The molecule has 11 heteroatoms. The Balaban J connectivity index is 1.72. The van der Waals surface area contributed by atoms with Crippen LogP contribution >= 0.6 is 27.5 Å². The molecule has 39 heavy (non-hydrogen) atoms. The van der Waals surface area contributed by atoms with E-state index in [0.29, 0.717) is 27.3 Å². The first-order chi connectivity index (χ1) is 18.5. The van der Waals surface area contributed by atoms with Crippen LogP contribution in [-0.2, 0) is 10.2 Å². The highest BCUT2D eigenvalue weighted by Gasteiger charge is 2.23. The van der Waals surface area contributed by atoms with E-state index >= 15 is 0 Å². The molecule has 0 saturated carbocycles. The number of hydrogen-bond acceptors (Lipinski definition) is 6. The molecule has 0 saturated heterocycles. The van der Waals surface area contributed by atoms with Crippen LogP contribution in [0, 0.1) is 5.82 Å². The largest absolute Gasteiger partial charge is 0.493 e. The summed E-state index contributed by atoms with van der Waals surface area (Å²) in [5.74, 6) is -0.110. The summed E-state index contributed by atoms with van der Waals surface area (Å²) < 4.78 is 26.6. The lowest BCUT2D eigenvalue weighted by Gasteiger charge is -2.21. The van der Waals surface area contributed by atoms with Gasteiger partial charge in [0.05, 0.1) is 24.2 Å². The minimum atomic E-state index is -0.518. The van der Waals surface area contributed by atoms with E-state index in [0.717, 1.165) is 4.47 Å². The molecule has 0 aliphatic heterocycles. The zero-order chi connectivity index (χ0) is 28.3. The second kappa shape index (κ2) is 11.5. The summed E-state index contributed by atoms with van der Waals surface area (Å²) in [7, 11) is 1.43. The predicted molar refractivity (Wildman–Crippen MR) is 154 cm³/mol. The van der Waals surface area contributed by atoms with Gasteiger partial charge in [-0.1, -0.05) is 54.4 Å². The van der Waals surface area contributed by atoms with Crippen LogP contribution in [0.1, 0.15) is 32.2 Å². The highest BCUT2D eigenvalue weighted by Crippen LogP contribution is 2.34. The van der Waals surface area contributed by atoms with E-state index in [2.05, 4.69) is 26.3 Å². The lowest BCUT2D eigenvalue weighted by Crippen LogP contribution is -2.29. The second-order valence-electron chi connectivity index (χ2n) is 9.58. The van der Waals surface area contributed by atoms with Gasteiger partial charge >= 0.3 is 0 Å². The van der Waals surface area contributed by atoms with Crippen molar-refractivity contribution < 1.29 is 18.7 Å². The number of rotatable bonds is 7. The first-order valence-electron chi connectivity index (χ1n) is 11.8. The molecule has 0 bridgehead atoms. The summed E-state index contributed by atoms with van der Waals surface area (Å²) >= 11 is 9.70. The molecule has 4 rings (SSSR count). The Bertz CT molecular complexity index is 1650. The van der Waals surface area contributed by atoms with Crippen molar-refractivity contribution in [2.45, 2.75) is 26.2 Å². The van der Waals surface area contributed by atoms with Gasteiger partial charge in [-0.15, -0.1) is 0 Å². The molecule has 0 aliphatic carbocycles. The molecule has 3 aromatic carbocycles. The molecule has 8 nitrogen and oxygen atoms in total. The predicted octanol–water partition coefficient (Wildman–Crippen LogP) is 6.16. The first kappa shape index (κ1) is 28.3. The van der Waals surface area contributed by atoms with Crippen molar-refractivity contribution in [3.63, 3.8) is 0 Å². The Kier molecular flexibility index (Phi) is 8.36. The third kappa shape index (κ3) is 6.63. The molecule has 1 aromatic heterocycles. The van der Waals surface area contributed by atoms with Crippen LogP contribution < -0.4 is 20.3 Å². The van der Waals surface area contributed by atoms with E-state index in [4.69, 9.17) is 26.1 Å². The number of aromatic nitrogens is 2. The molecular formula is C28H25BrClFN4O4. The number of fused-ring (bicyclic) bond motifs is 1. The number of nitrogens with zero attached hydrogens (tertiary/aromatic N) is 3. The van der Waals surface area contributed by atoms with Crippen LogP contribution in [0.4, 0.5) is 10.1 Å². The minimum absolute atomic E-state index is 0.182. The number of amides is 1. The summed E-state index contributed by atoms with van der Waals surface area (Å²) in [4.78, 5) is 30.7. The lowest BCUT2D eigenvalue weighted by molar-refractivity contribution is -0.118. The van der Waals surface area contributed by atoms with E-state index in [1.807, 2.05) is 26.8 Å². The summed E-state index contributed by atoms with van der Waals surface area (Å²) in [6.45, 7) is 5.38. The summed E-state index contributed by atoms with van der Waals surface area (Å²) in [6, 6.07) is 13.9. The molecular weight excluding hydrogens is 591 g/mol. The van der Waals surface area contributed by atoms with Crippen molar-refractivity contribution >= 4 is 56.2 Å². The molecule has 1 N–H and O–H groups in total. The number of halogens is 3. The Labute approximate surface area is 237 Å². The van der Waals surface area contributed by atoms with E-state index < -0.39 is 23.7 Å². The fourth-order valence-electron chi connectivity index (χ4n) is 3.75. The number of hydrogen-bond donors (Lipinski definition) is 1. The normalized spacial score (nSPS) is 11.7. The van der Waals surface area contributed by atoms with Gasteiger partial charge in [0.1, 0.15) is 11.6 Å². The average molecular weight is 616 g/mol. The number of nitrogens with one attached hydrogen (secondary N) is 1. The highest BCUT2D eigenvalue weighted by atomic mass is 79.9. The van der Waals surface area contributed by atoms with E-state index in [9.17, 15) is 14.0 Å². The fourth-order valence-corrected chi connectivity index (χ4v) is 4.33. The Hall–Kier alpha value is -3.76. The standard InChI is InChI=1S/C28H25BrClFN4O4/c1-28(2,3)27-34-22-9-8-17(29)11-21(22)26(37)35(27)32-14-16-10-18(30)12-23(38-4)25(16)39-15-24(36)33-20-7-5-6-19(31)13-20/h5-14H,15H2,1-4H3,(H,33,36). The molecule has 0 aliphatic rings. The third-order valence-corrected chi connectivity index (χ3v) is 6.23. The van der Waals surface area contributed by atoms with Crippen molar-refractivity contribution in [2.24, 2.45) is 5.10 Å². The number of ether oxygens (including phenoxy) is 2. The van der Waals surface area contributed by atoms with Gasteiger partial charge in [-0.3, -0.25) is 9.59 Å². The van der Waals surface area contributed by atoms with Crippen molar-refractivity contribution in [1.82, 2.24) is 9.66 Å². The van der Waals surface area contributed by atoms with Gasteiger partial charge < -0.3 is 14.8 Å². The summed E-state index contributed by atoms with van der Waals surface area (Å²) in [5, 5.41) is 7.76. The molecule has 202 valence electrons. The molecule has 0 spiro atoms. The Morgan fingerprint density at radius 3 is 2.67 bits per heavy atom. The van der Waals surface area contributed by atoms with Crippen LogP contribution in [0.15, 0.2) is 69.0 Å². The van der Waals surface area contributed by atoms with Crippen LogP contribution in [0.3, 0.4) is 0 Å². The Morgan fingerprint density at radius 1 is 1.21 bits per heavy atom. The first-order valence-corrected chi connectivity index (χ1v) is 13.0. The fraction of sp³-hybridized carbons (Fsp3) is 0.214. The maximum absolute atomic E-state index is 13.5. The van der Waals surface area contributed by atoms with Crippen molar-refractivity contribution in [2.75, 3.05) is 19.0 Å². The zero-order valence-electron chi connectivity index (χ0n) is 21.6. The average Bonchev–Trinajstić information content (AvgIpc) is 2.86. The monoisotopic (exact) mass is 614 g/mol. The van der Waals surface area contributed by atoms with Gasteiger partial charge in [0.2, 0.25) is 0 Å². The van der Waals surface area contributed by atoms with Crippen molar-refractivity contribution in [1.29, 1.82) is 0 Å². The van der Waals surface area contributed by atoms with Crippen molar-refractivity contribution in [3.05, 3.63) is 91.7 Å². The second-order valence-corrected chi connectivity index (χ2v) is 10.9. The van der Waals surface area contributed by atoms with Gasteiger partial charge in [-0.25, -0.2) is 9.37 Å². The number of anilines is 1. The van der Waals surface area contributed by atoms with Gasteiger partial charge in [0.15, 0.2) is 18.1 Å². The molecule has 1 heterocycles. The molecule has 0 unspecified atom stereocenters. The number of carbonyl (C=O) groups is 1. The van der Waals surface area contributed by atoms with Crippen molar-refractivity contribution in [3.8, 4) is 11.5 Å². The van der Waals surface area contributed by atoms with Gasteiger partial charge in [-0.05, 0) is 42.5 Å². The smallest absolute Gasteiger partial charge is 0.282 e. The van der Waals surface area contributed by atoms with Crippen LogP contribution in [-0.4, -0.2) is 35.5 Å². The van der Waals surface area contributed by atoms with Gasteiger partial charge in [0.25, 0.3) is 11.5 Å². The maximum atomic E-state index is 13.5. The van der Waals surface area contributed by atoms with Gasteiger partial charge in [-0.2, -0.15) is 9.78 Å². The SMILES string of the molecule is COc1cc(Cl)cc(C=Nn2c(C(C)(C)C)nc3ccc(Br)cc3c2=O)c1OCC(=O)Nc1cccc(F)c1. The van der Waals surface area contributed by atoms with Crippen LogP contribution in [0.5, 0.6) is 11.5 Å². The van der Waals surface area contributed by atoms with Gasteiger partial charge in [0, 0.05) is 32.2 Å². The van der Waals surface area contributed by atoms with E-state index in [1.165, 1.54) is 42.3 Å². The maximum Gasteiger partial charge on any atom is 0.282 e. The van der Waals surface area contributed by atoms with Crippen LogP contribution in [0.2, 0.25) is 5.02 Å². The zero-order valence-corrected chi connectivity index (χ0v) is 23.9. The molecule has 0 fully saturated rings. The number of carbonyl (C=O) groups excluding carboxylic acids is 1. The third-order valence-electron chi connectivity index (χ3n) is 5.52. The Morgan fingerprint density at radius 2 is 1.97 bits per heavy atom. The number of methoxy groups -OCH3 is 1. The van der Waals surface area contributed by atoms with E-state index in [1.54, 1.807) is 24.3 Å². The summed E-state index contributed by atoms with van der Waals surface area (Å²) in [5.41, 5.74) is 0.334.